The molecule has 0 aliphatic rings. The summed E-state index contributed by atoms with van der Waals surface area (Å²) in [6, 6.07) is 0. The number of ether oxygens (including phenoxy) is 6. The van der Waals surface area contributed by atoms with E-state index in [2.05, 4.69) is 0 Å². The van der Waals surface area contributed by atoms with Gasteiger partial charge in [-0.15, -0.1) is 0 Å². The van der Waals surface area contributed by atoms with Crippen LogP contribution in [0.5, 0.6) is 0 Å². The lowest BCUT2D eigenvalue weighted by Gasteiger charge is -2.43. The van der Waals surface area contributed by atoms with Crippen LogP contribution in [0.3, 0.4) is 0 Å². The topological polar surface area (TPSA) is 55.4 Å². The molecular formula is C14H30O6. The Balaban J connectivity index is 5.27. The number of hydrogen-bond acceptors (Lipinski definition) is 6. The SMILES string of the molecule is COCO[C@H]([C@@H](OCOC)C(C)(C)OC)C(C)(C)OC. The maximum absolute atomic E-state index is 5.79. The molecule has 122 valence electrons. The van der Waals surface area contributed by atoms with Crippen molar-refractivity contribution < 1.29 is 28.4 Å². The van der Waals surface area contributed by atoms with Crippen LogP contribution in [0.1, 0.15) is 27.7 Å². The van der Waals surface area contributed by atoms with Crippen LogP contribution >= 0.6 is 0 Å². The maximum Gasteiger partial charge on any atom is 0.146 e. The van der Waals surface area contributed by atoms with E-state index in [4.69, 9.17) is 28.4 Å². The van der Waals surface area contributed by atoms with Gasteiger partial charge in [-0.2, -0.15) is 0 Å². The summed E-state index contributed by atoms with van der Waals surface area (Å²) in [6.45, 7) is 8.02. The molecule has 0 aromatic carbocycles. The van der Waals surface area contributed by atoms with E-state index in [1.165, 1.54) is 0 Å². The number of rotatable bonds is 11. The second-order valence-corrected chi connectivity index (χ2v) is 5.60. The zero-order valence-corrected chi connectivity index (χ0v) is 14.0. The second-order valence-electron chi connectivity index (χ2n) is 5.60. The highest BCUT2D eigenvalue weighted by Crippen LogP contribution is 2.30. The molecule has 0 heterocycles. The van der Waals surface area contributed by atoms with Crippen LogP contribution in [0.25, 0.3) is 0 Å². The molecule has 0 rings (SSSR count). The van der Waals surface area contributed by atoms with Gasteiger partial charge in [0.25, 0.3) is 0 Å². The molecule has 6 heteroatoms. The van der Waals surface area contributed by atoms with E-state index in [9.17, 15) is 0 Å². The van der Waals surface area contributed by atoms with E-state index in [0.717, 1.165) is 0 Å². The van der Waals surface area contributed by atoms with Gasteiger partial charge in [0.05, 0.1) is 11.2 Å². The minimum Gasteiger partial charge on any atom is -0.376 e. The first kappa shape index (κ1) is 19.8. The summed E-state index contributed by atoms with van der Waals surface area (Å²) in [5, 5.41) is 0. The number of hydrogen-bond donors (Lipinski definition) is 0. The van der Waals surface area contributed by atoms with E-state index in [0.29, 0.717) is 0 Å². The van der Waals surface area contributed by atoms with E-state index < -0.39 is 23.4 Å². The summed E-state index contributed by atoms with van der Waals surface area (Å²) in [5.74, 6) is 0. The monoisotopic (exact) mass is 294 g/mol. The van der Waals surface area contributed by atoms with Crippen LogP contribution < -0.4 is 0 Å². The van der Waals surface area contributed by atoms with Gasteiger partial charge >= 0.3 is 0 Å². The van der Waals surface area contributed by atoms with E-state index in [1.54, 1.807) is 28.4 Å². The average Bonchev–Trinajstić information content (AvgIpc) is 2.41. The summed E-state index contributed by atoms with van der Waals surface area (Å²) in [7, 11) is 6.42. The maximum atomic E-state index is 5.79. The van der Waals surface area contributed by atoms with Crippen molar-refractivity contribution in [3.63, 3.8) is 0 Å². The molecule has 0 aromatic heterocycles. The summed E-state index contributed by atoms with van der Waals surface area (Å²) in [5.41, 5.74) is -1.15. The Bertz CT molecular complexity index is 228. The molecule has 0 aliphatic heterocycles. The van der Waals surface area contributed by atoms with Crippen molar-refractivity contribution in [2.75, 3.05) is 42.0 Å². The van der Waals surface area contributed by atoms with Crippen molar-refractivity contribution in [1.82, 2.24) is 0 Å². The van der Waals surface area contributed by atoms with Crippen molar-refractivity contribution in [2.45, 2.75) is 51.1 Å². The predicted molar refractivity (Wildman–Crippen MR) is 75.7 cm³/mol. The minimum absolute atomic E-state index is 0.143. The normalized spacial score (nSPS) is 16.2. The Hall–Kier alpha value is -0.240. The fourth-order valence-electron chi connectivity index (χ4n) is 1.82. The standard InChI is InChI=1S/C14H30O6/c1-13(2,17-7)11(19-9-15-5)12(20-10-16-6)14(3,4)18-8/h11-12H,9-10H2,1-8H3/t11-,12-/m1/s1. The molecule has 0 N–H and O–H groups in total. The Morgan fingerprint density at radius 1 is 0.650 bits per heavy atom. The lowest BCUT2D eigenvalue weighted by atomic mass is 9.87. The van der Waals surface area contributed by atoms with E-state index in [-0.39, 0.29) is 13.6 Å². The molecule has 0 radical (unpaired) electrons. The lowest BCUT2D eigenvalue weighted by Crippen LogP contribution is -2.57. The quantitative estimate of drug-likeness (QED) is 0.542. The summed E-state index contributed by atoms with van der Waals surface area (Å²) in [4.78, 5) is 0. The Labute approximate surface area is 122 Å². The second kappa shape index (κ2) is 8.92. The zero-order valence-electron chi connectivity index (χ0n) is 14.0. The molecule has 0 amide bonds. The minimum atomic E-state index is -0.577. The number of methoxy groups -OCH3 is 4. The molecule has 6 nitrogen and oxygen atoms in total. The van der Waals surface area contributed by atoms with E-state index >= 15 is 0 Å². The smallest absolute Gasteiger partial charge is 0.146 e. The first-order valence-corrected chi connectivity index (χ1v) is 6.58. The molecule has 0 bridgehead atoms. The van der Waals surface area contributed by atoms with E-state index in [1.807, 2.05) is 27.7 Å². The molecule has 0 saturated heterocycles. The zero-order chi connectivity index (χ0) is 15.8. The molecule has 2 atom stereocenters. The molecule has 0 aromatic rings. The third-order valence-corrected chi connectivity index (χ3v) is 3.43. The fraction of sp³-hybridized carbons (Fsp3) is 1.00. The predicted octanol–water partition coefficient (Wildman–Crippen LogP) is 1.81. The fourth-order valence-corrected chi connectivity index (χ4v) is 1.82. The van der Waals surface area contributed by atoms with Crippen LogP contribution in [0.2, 0.25) is 0 Å². The lowest BCUT2D eigenvalue weighted by molar-refractivity contribution is -0.251. The van der Waals surface area contributed by atoms with Gasteiger partial charge < -0.3 is 28.4 Å². The first-order chi connectivity index (χ1) is 9.26. The van der Waals surface area contributed by atoms with Crippen molar-refractivity contribution in [3.8, 4) is 0 Å². The summed E-state index contributed by atoms with van der Waals surface area (Å²) in [6.07, 6.45) is -0.782. The highest BCUT2D eigenvalue weighted by molar-refractivity contribution is 4.95. The molecular weight excluding hydrogens is 264 g/mol. The van der Waals surface area contributed by atoms with Crippen molar-refractivity contribution >= 4 is 0 Å². The van der Waals surface area contributed by atoms with Gasteiger partial charge in [0, 0.05) is 28.4 Å². The van der Waals surface area contributed by atoms with Gasteiger partial charge in [0.15, 0.2) is 0 Å². The van der Waals surface area contributed by atoms with Crippen LogP contribution in [-0.4, -0.2) is 65.4 Å². The van der Waals surface area contributed by atoms with Crippen LogP contribution in [-0.2, 0) is 28.4 Å². The van der Waals surface area contributed by atoms with Gasteiger partial charge in [0.2, 0.25) is 0 Å². The molecule has 0 saturated carbocycles. The largest absolute Gasteiger partial charge is 0.376 e. The Kier molecular flexibility index (Phi) is 8.81. The summed E-state index contributed by atoms with van der Waals surface area (Å²) >= 11 is 0. The van der Waals surface area contributed by atoms with Crippen molar-refractivity contribution in [2.24, 2.45) is 0 Å². The average molecular weight is 294 g/mol. The van der Waals surface area contributed by atoms with Crippen molar-refractivity contribution in [1.29, 1.82) is 0 Å². The molecule has 0 aliphatic carbocycles. The van der Waals surface area contributed by atoms with Gasteiger partial charge in [0.1, 0.15) is 25.8 Å². The third kappa shape index (κ3) is 5.63. The third-order valence-electron chi connectivity index (χ3n) is 3.43. The molecule has 0 spiro atoms. The van der Waals surface area contributed by atoms with Crippen LogP contribution in [0, 0.1) is 0 Å². The van der Waals surface area contributed by atoms with Gasteiger partial charge in [-0.3, -0.25) is 0 Å². The highest BCUT2D eigenvalue weighted by atomic mass is 16.7. The Morgan fingerprint density at radius 3 is 1.15 bits per heavy atom. The van der Waals surface area contributed by atoms with Crippen molar-refractivity contribution in [3.05, 3.63) is 0 Å². The Morgan fingerprint density at radius 2 is 0.950 bits per heavy atom. The summed E-state index contributed by atoms with van der Waals surface area (Å²) < 4.78 is 32.7. The van der Waals surface area contributed by atoms with Gasteiger partial charge in [-0.05, 0) is 27.7 Å². The van der Waals surface area contributed by atoms with Crippen LogP contribution in [0.15, 0.2) is 0 Å². The van der Waals surface area contributed by atoms with Crippen LogP contribution in [0.4, 0.5) is 0 Å². The molecule has 20 heavy (non-hydrogen) atoms. The van der Waals surface area contributed by atoms with Gasteiger partial charge in [-0.25, -0.2) is 0 Å². The molecule has 0 unspecified atom stereocenters. The highest BCUT2D eigenvalue weighted by Gasteiger charge is 2.45. The molecule has 0 fully saturated rings. The van der Waals surface area contributed by atoms with Gasteiger partial charge in [-0.1, -0.05) is 0 Å². The first-order valence-electron chi connectivity index (χ1n) is 6.58.